The van der Waals surface area contributed by atoms with Crippen molar-refractivity contribution in [2.24, 2.45) is 0 Å². The maximum atomic E-state index is 2.57. The van der Waals surface area contributed by atoms with E-state index in [2.05, 4.69) is 11.8 Å². The summed E-state index contributed by atoms with van der Waals surface area (Å²) >= 11 is 0. The fourth-order valence-corrected chi connectivity index (χ4v) is 1.39. The maximum absolute atomic E-state index is 2.57. The predicted molar refractivity (Wildman–Crippen MR) is 60.2 cm³/mol. The van der Waals surface area contributed by atoms with E-state index in [9.17, 15) is 0 Å². The Balaban J connectivity index is 0.000000310. The molecule has 0 amide bonds. The van der Waals surface area contributed by atoms with Crippen molar-refractivity contribution in [1.29, 1.82) is 0 Å². The zero-order valence-electron chi connectivity index (χ0n) is 9.84. The van der Waals surface area contributed by atoms with Gasteiger partial charge in [-0.1, -0.05) is 13.3 Å². The molecule has 1 heterocycles. The normalized spacial score (nSPS) is 17.3. The zero-order chi connectivity index (χ0) is 10.1. The van der Waals surface area contributed by atoms with Crippen molar-refractivity contribution in [2.45, 2.75) is 32.6 Å². The molecule has 0 aromatic heterocycles. The fraction of sp³-hybridized carbons (Fsp3) is 1.00. The van der Waals surface area contributed by atoms with Gasteiger partial charge in [-0.2, -0.15) is 0 Å². The van der Waals surface area contributed by atoms with Gasteiger partial charge in [0.05, 0.1) is 0 Å². The first-order valence-corrected chi connectivity index (χ1v) is 5.50. The van der Waals surface area contributed by atoms with Gasteiger partial charge in [0.1, 0.15) is 0 Å². The maximum Gasteiger partial charge on any atom is -0.00183 e. The van der Waals surface area contributed by atoms with Gasteiger partial charge in [0.15, 0.2) is 0 Å². The van der Waals surface area contributed by atoms with Gasteiger partial charge in [0, 0.05) is 0 Å². The van der Waals surface area contributed by atoms with Crippen LogP contribution in [0.1, 0.15) is 32.6 Å². The topological polar surface area (TPSA) is 6.48 Å². The molecule has 0 aliphatic carbocycles. The van der Waals surface area contributed by atoms with Crippen molar-refractivity contribution in [3.8, 4) is 0 Å². The van der Waals surface area contributed by atoms with Crippen LogP contribution < -0.4 is 0 Å². The van der Waals surface area contributed by atoms with E-state index in [1.54, 1.807) is 0 Å². The average Bonchev–Trinajstić information content (AvgIpc) is 2.51. The molecule has 1 aliphatic heterocycles. The highest BCUT2D eigenvalue weighted by Crippen LogP contribution is 2.07. The Labute approximate surface area is 83.9 Å². The second-order valence-electron chi connectivity index (χ2n) is 4.24. The highest BCUT2D eigenvalue weighted by atomic mass is 15.1. The van der Waals surface area contributed by atoms with Crippen LogP contribution in [0.5, 0.6) is 0 Å². The smallest absolute Gasteiger partial charge is 0.00183 e. The number of hydrogen-bond donors (Lipinski definition) is 0. The predicted octanol–water partition coefficient (Wildman–Crippen LogP) is 2.06. The Morgan fingerprint density at radius 2 is 1.54 bits per heavy atom. The van der Waals surface area contributed by atoms with E-state index in [-0.39, 0.29) is 0 Å². The van der Waals surface area contributed by atoms with Crippen LogP contribution in [0.25, 0.3) is 0 Å². The van der Waals surface area contributed by atoms with E-state index in [4.69, 9.17) is 0 Å². The third kappa shape index (κ3) is 9.84. The summed E-state index contributed by atoms with van der Waals surface area (Å²) in [5.41, 5.74) is 0. The van der Waals surface area contributed by atoms with Crippen LogP contribution in [0.4, 0.5) is 0 Å². The molecule has 0 saturated carbocycles. The molecule has 0 unspecified atom stereocenters. The fourth-order valence-electron chi connectivity index (χ4n) is 1.39. The minimum atomic E-state index is 1.34. The monoisotopic (exact) mass is 186 g/mol. The number of hydrogen-bond acceptors (Lipinski definition) is 2. The Hall–Kier alpha value is -0.0800. The summed E-state index contributed by atoms with van der Waals surface area (Å²) in [6.45, 7) is 6.33. The van der Waals surface area contributed by atoms with E-state index < -0.39 is 0 Å². The van der Waals surface area contributed by atoms with Gasteiger partial charge in [-0.25, -0.2) is 0 Å². The summed E-state index contributed by atoms with van der Waals surface area (Å²) in [5, 5.41) is 0. The summed E-state index contributed by atoms with van der Waals surface area (Å²) in [6.07, 6.45) is 5.60. The zero-order valence-corrected chi connectivity index (χ0v) is 9.84. The summed E-state index contributed by atoms with van der Waals surface area (Å²) < 4.78 is 0. The average molecular weight is 186 g/mol. The second-order valence-corrected chi connectivity index (χ2v) is 4.24. The van der Waals surface area contributed by atoms with E-state index in [1.165, 1.54) is 45.3 Å². The first-order chi connectivity index (χ1) is 6.16. The van der Waals surface area contributed by atoms with Crippen LogP contribution in [0, 0.1) is 0 Å². The van der Waals surface area contributed by atoms with Gasteiger partial charge in [-0.05, 0) is 60.0 Å². The molecular weight excluding hydrogens is 160 g/mol. The van der Waals surface area contributed by atoms with E-state index in [1.807, 2.05) is 26.0 Å². The minimum absolute atomic E-state index is 1.34. The molecule has 13 heavy (non-hydrogen) atoms. The molecular formula is C11H26N2. The lowest BCUT2D eigenvalue weighted by Gasteiger charge is -2.12. The van der Waals surface area contributed by atoms with Crippen molar-refractivity contribution < 1.29 is 0 Å². The molecule has 1 saturated heterocycles. The Bertz CT molecular complexity index is 93.5. The molecule has 0 bridgehead atoms. The first kappa shape index (κ1) is 12.9. The van der Waals surface area contributed by atoms with Crippen molar-refractivity contribution in [3.63, 3.8) is 0 Å². The van der Waals surface area contributed by atoms with Crippen molar-refractivity contribution in [3.05, 3.63) is 0 Å². The molecule has 0 N–H and O–H groups in total. The molecule has 1 fully saturated rings. The molecule has 0 spiro atoms. The van der Waals surface area contributed by atoms with Gasteiger partial charge in [0.25, 0.3) is 0 Å². The molecule has 2 nitrogen and oxygen atoms in total. The number of likely N-dealkylation sites (tertiary alicyclic amines) is 1. The van der Waals surface area contributed by atoms with Crippen LogP contribution in [0.3, 0.4) is 0 Å². The molecule has 0 atom stereocenters. The Morgan fingerprint density at radius 1 is 1.08 bits per heavy atom. The summed E-state index contributed by atoms with van der Waals surface area (Å²) in [4.78, 5) is 4.57. The van der Waals surface area contributed by atoms with Crippen molar-refractivity contribution in [1.82, 2.24) is 9.80 Å². The molecule has 2 heteroatoms. The Morgan fingerprint density at radius 3 is 1.92 bits per heavy atom. The number of unbranched alkanes of at least 4 members (excludes halogenated alkanes) is 1. The molecule has 80 valence electrons. The van der Waals surface area contributed by atoms with Gasteiger partial charge in [-0.3, -0.25) is 0 Å². The van der Waals surface area contributed by atoms with Gasteiger partial charge in [0.2, 0.25) is 0 Å². The lowest BCUT2D eigenvalue weighted by atomic mass is 10.3. The number of rotatable bonds is 3. The van der Waals surface area contributed by atoms with Crippen LogP contribution in [0.2, 0.25) is 0 Å². The minimum Gasteiger partial charge on any atom is -0.312 e. The quantitative estimate of drug-likeness (QED) is 0.665. The highest BCUT2D eigenvalue weighted by molar-refractivity contribution is 4.64. The van der Waals surface area contributed by atoms with Crippen LogP contribution >= 0.6 is 0 Å². The lowest BCUT2D eigenvalue weighted by Crippen LogP contribution is -2.19. The standard InChI is InChI=1S/C8H17N.C3H9N/c1-2-3-6-9-7-4-5-8-9;1-4(2)3/h2-8H2,1H3;1-3H3. The van der Waals surface area contributed by atoms with E-state index in [0.29, 0.717) is 0 Å². The third-order valence-electron chi connectivity index (χ3n) is 2.03. The summed E-state index contributed by atoms with van der Waals surface area (Å²) in [6, 6.07) is 0. The highest BCUT2D eigenvalue weighted by Gasteiger charge is 2.08. The SMILES string of the molecule is CCCCN1CCCC1.CN(C)C. The van der Waals surface area contributed by atoms with Crippen LogP contribution in [-0.2, 0) is 0 Å². The van der Waals surface area contributed by atoms with Crippen LogP contribution in [-0.4, -0.2) is 50.6 Å². The van der Waals surface area contributed by atoms with Crippen molar-refractivity contribution in [2.75, 3.05) is 40.8 Å². The van der Waals surface area contributed by atoms with E-state index >= 15 is 0 Å². The van der Waals surface area contributed by atoms with Gasteiger partial charge < -0.3 is 9.80 Å². The third-order valence-corrected chi connectivity index (χ3v) is 2.03. The first-order valence-electron chi connectivity index (χ1n) is 5.50. The van der Waals surface area contributed by atoms with Crippen molar-refractivity contribution >= 4 is 0 Å². The second kappa shape index (κ2) is 8.52. The lowest BCUT2D eigenvalue weighted by molar-refractivity contribution is 0.332. The molecule has 0 aromatic carbocycles. The Kier molecular flexibility index (Phi) is 8.46. The summed E-state index contributed by atoms with van der Waals surface area (Å²) in [5.74, 6) is 0. The van der Waals surface area contributed by atoms with Gasteiger partial charge >= 0.3 is 0 Å². The molecule has 1 rings (SSSR count). The van der Waals surface area contributed by atoms with Crippen LogP contribution in [0.15, 0.2) is 0 Å². The number of nitrogens with zero attached hydrogens (tertiary/aromatic N) is 2. The molecule has 0 radical (unpaired) electrons. The van der Waals surface area contributed by atoms with Gasteiger partial charge in [-0.15, -0.1) is 0 Å². The summed E-state index contributed by atoms with van der Waals surface area (Å²) in [7, 11) is 6.00. The molecule has 0 aromatic rings. The largest absolute Gasteiger partial charge is 0.312 e. The molecule has 1 aliphatic rings. The van der Waals surface area contributed by atoms with E-state index in [0.717, 1.165) is 0 Å².